The van der Waals surface area contributed by atoms with Crippen LogP contribution in [0.1, 0.15) is 28.2 Å². The highest BCUT2D eigenvalue weighted by Gasteiger charge is 2.18. The molecule has 5 aromatic rings. The van der Waals surface area contributed by atoms with Crippen molar-refractivity contribution >= 4 is 34.3 Å². The van der Waals surface area contributed by atoms with E-state index in [9.17, 15) is 9.59 Å². The highest BCUT2D eigenvalue weighted by molar-refractivity contribution is 7.99. The van der Waals surface area contributed by atoms with Gasteiger partial charge in [0, 0.05) is 29.3 Å². The number of carbonyl (C=O) groups excluding carboxylic acids is 1. The van der Waals surface area contributed by atoms with Gasteiger partial charge in [0.25, 0.3) is 5.56 Å². The maximum absolute atomic E-state index is 13.5. The van der Waals surface area contributed by atoms with Crippen LogP contribution in [0, 0.1) is 0 Å². The SMILES string of the molecule is NC(=O)c1ccc2c(c1)c(=O)n(Cc1ccccc1)c1nnc(CCCSc3ccncc3)n21. The Hall–Kier alpha value is -3.98. The molecule has 2 N–H and O–H groups in total. The van der Waals surface area contributed by atoms with E-state index < -0.39 is 5.91 Å². The molecule has 3 heterocycles. The Labute approximate surface area is 199 Å². The largest absolute Gasteiger partial charge is 0.366 e. The number of primary amides is 1. The molecule has 0 bridgehead atoms. The van der Waals surface area contributed by atoms with Gasteiger partial charge in [-0.15, -0.1) is 22.0 Å². The number of amides is 1. The summed E-state index contributed by atoms with van der Waals surface area (Å²) in [5.74, 6) is 1.58. The van der Waals surface area contributed by atoms with Crippen molar-refractivity contribution in [2.24, 2.45) is 5.73 Å². The van der Waals surface area contributed by atoms with E-state index in [4.69, 9.17) is 5.73 Å². The van der Waals surface area contributed by atoms with Crippen LogP contribution in [0.5, 0.6) is 0 Å². The van der Waals surface area contributed by atoms with Crippen molar-refractivity contribution in [3.8, 4) is 0 Å². The van der Waals surface area contributed by atoms with E-state index in [1.54, 1.807) is 46.9 Å². The third kappa shape index (κ3) is 4.29. The van der Waals surface area contributed by atoms with Crippen LogP contribution in [0.15, 0.2) is 82.7 Å². The van der Waals surface area contributed by atoms with E-state index >= 15 is 0 Å². The average Bonchev–Trinajstić information content (AvgIpc) is 3.29. The number of pyridine rings is 1. The third-order valence-corrected chi connectivity index (χ3v) is 6.70. The summed E-state index contributed by atoms with van der Waals surface area (Å²) >= 11 is 1.76. The Bertz CT molecular complexity index is 1530. The fraction of sp³-hybridized carbons (Fsp3) is 0.160. The summed E-state index contributed by atoms with van der Waals surface area (Å²) in [7, 11) is 0. The molecule has 0 radical (unpaired) electrons. The van der Waals surface area contributed by atoms with Crippen LogP contribution < -0.4 is 11.3 Å². The van der Waals surface area contributed by atoms with Gasteiger partial charge in [-0.05, 0) is 48.1 Å². The normalized spacial score (nSPS) is 11.3. The first kappa shape index (κ1) is 21.8. The minimum atomic E-state index is -0.576. The summed E-state index contributed by atoms with van der Waals surface area (Å²) in [5.41, 5.74) is 7.17. The second kappa shape index (κ2) is 9.48. The maximum atomic E-state index is 13.5. The smallest absolute Gasteiger partial charge is 0.263 e. The topological polar surface area (TPSA) is 108 Å². The predicted octanol–water partition coefficient (Wildman–Crippen LogP) is 3.31. The van der Waals surface area contributed by atoms with Crippen molar-refractivity contribution < 1.29 is 4.79 Å². The first-order valence-electron chi connectivity index (χ1n) is 10.9. The number of nitrogens with two attached hydrogens (primary N) is 1. The average molecular weight is 471 g/mol. The van der Waals surface area contributed by atoms with Crippen LogP contribution in [0.2, 0.25) is 0 Å². The van der Waals surface area contributed by atoms with E-state index in [-0.39, 0.29) is 5.56 Å². The zero-order valence-electron chi connectivity index (χ0n) is 18.3. The Morgan fingerprint density at radius 2 is 1.79 bits per heavy atom. The zero-order chi connectivity index (χ0) is 23.5. The molecule has 0 saturated carbocycles. The fourth-order valence-electron chi connectivity index (χ4n) is 3.95. The Kier molecular flexibility index (Phi) is 6.09. The number of rotatable bonds is 8. The van der Waals surface area contributed by atoms with Gasteiger partial charge < -0.3 is 5.73 Å². The van der Waals surface area contributed by atoms with Crippen LogP contribution >= 0.6 is 11.8 Å². The molecular weight excluding hydrogens is 448 g/mol. The van der Waals surface area contributed by atoms with Crippen LogP contribution in [0.3, 0.4) is 0 Å². The molecule has 3 aromatic heterocycles. The molecule has 2 aromatic carbocycles. The second-order valence-electron chi connectivity index (χ2n) is 7.86. The minimum absolute atomic E-state index is 0.235. The summed E-state index contributed by atoms with van der Waals surface area (Å²) < 4.78 is 3.52. The Balaban J connectivity index is 1.55. The predicted molar refractivity (Wildman–Crippen MR) is 132 cm³/mol. The quantitative estimate of drug-likeness (QED) is 0.275. The number of carbonyl (C=O) groups is 1. The van der Waals surface area contributed by atoms with Crippen LogP contribution in [0.4, 0.5) is 0 Å². The molecule has 0 atom stereocenters. The third-order valence-electron chi connectivity index (χ3n) is 5.60. The van der Waals surface area contributed by atoms with Gasteiger partial charge in [0.05, 0.1) is 17.4 Å². The molecule has 0 fully saturated rings. The summed E-state index contributed by atoms with van der Waals surface area (Å²) in [6, 6.07) is 18.6. The number of aromatic nitrogens is 5. The van der Waals surface area contributed by atoms with Crippen LogP contribution in [-0.2, 0) is 13.0 Å². The molecule has 1 amide bonds. The molecule has 34 heavy (non-hydrogen) atoms. The van der Waals surface area contributed by atoms with Gasteiger partial charge in [-0.25, -0.2) is 0 Å². The van der Waals surface area contributed by atoms with Crippen molar-refractivity contribution in [1.29, 1.82) is 0 Å². The second-order valence-corrected chi connectivity index (χ2v) is 9.03. The van der Waals surface area contributed by atoms with Gasteiger partial charge in [-0.2, -0.15) is 0 Å². The molecule has 0 saturated heterocycles. The molecule has 0 spiro atoms. The van der Waals surface area contributed by atoms with Gasteiger partial charge in [-0.1, -0.05) is 30.3 Å². The standard InChI is InChI=1S/C25H22N6O2S/c26-23(32)18-8-9-21-20(15-18)24(33)30(16-17-5-2-1-3-6-17)25-29-28-22(31(21)25)7-4-14-34-19-10-12-27-13-11-19/h1-3,5-6,8-13,15H,4,7,14,16H2,(H2,26,32). The summed E-state index contributed by atoms with van der Waals surface area (Å²) in [6.07, 6.45) is 5.14. The number of benzene rings is 2. The minimum Gasteiger partial charge on any atom is -0.366 e. The van der Waals surface area contributed by atoms with Gasteiger partial charge in [0.2, 0.25) is 11.7 Å². The molecule has 170 valence electrons. The van der Waals surface area contributed by atoms with E-state index in [0.717, 1.165) is 23.6 Å². The van der Waals surface area contributed by atoms with Gasteiger partial charge in [0.1, 0.15) is 5.82 Å². The number of hydrogen-bond acceptors (Lipinski definition) is 6. The molecule has 0 aliphatic heterocycles. The van der Waals surface area contributed by atoms with Crippen molar-refractivity contribution in [3.63, 3.8) is 0 Å². The zero-order valence-corrected chi connectivity index (χ0v) is 19.1. The molecular formula is C25H22N6O2S. The first-order valence-corrected chi connectivity index (χ1v) is 11.9. The van der Waals surface area contributed by atoms with Crippen molar-refractivity contribution in [1.82, 2.24) is 24.1 Å². The maximum Gasteiger partial charge on any atom is 0.263 e. The van der Waals surface area contributed by atoms with Crippen molar-refractivity contribution in [3.05, 3.63) is 100 Å². The van der Waals surface area contributed by atoms with E-state index in [2.05, 4.69) is 15.2 Å². The van der Waals surface area contributed by atoms with Crippen molar-refractivity contribution in [2.45, 2.75) is 24.3 Å². The van der Waals surface area contributed by atoms with Crippen molar-refractivity contribution in [2.75, 3.05) is 5.75 Å². The molecule has 5 rings (SSSR count). The monoisotopic (exact) mass is 470 g/mol. The number of nitrogens with zero attached hydrogens (tertiary/aromatic N) is 5. The first-order chi connectivity index (χ1) is 16.6. The molecule has 0 aliphatic rings. The fourth-order valence-corrected chi connectivity index (χ4v) is 4.78. The highest BCUT2D eigenvalue weighted by Crippen LogP contribution is 2.21. The summed E-state index contributed by atoms with van der Waals surface area (Å²) in [6.45, 7) is 0.343. The molecule has 9 heteroatoms. The summed E-state index contributed by atoms with van der Waals surface area (Å²) in [5, 5.41) is 9.23. The van der Waals surface area contributed by atoms with E-state index in [1.165, 1.54) is 4.90 Å². The highest BCUT2D eigenvalue weighted by atomic mass is 32.2. The van der Waals surface area contributed by atoms with E-state index in [0.29, 0.717) is 35.2 Å². The van der Waals surface area contributed by atoms with Gasteiger partial charge in [0.15, 0.2) is 0 Å². The van der Waals surface area contributed by atoms with Gasteiger partial charge in [-0.3, -0.25) is 23.5 Å². The number of fused-ring (bicyclic) bond motifs is 3. The molecule has 8 nitrogen and oxygen atoms in total. The Morgan fingerprint density at radius 3 is 2.56 bits per heavy atom. The molecule has 0 aliphatic carbocycles. The Morgan fingerprint density at radius 1 is 1.00 bits per heavy atom. The summed E-state index contributed by atoms with van der Waals surface area (Å²) in [4.78, 5) is 30.5. The lowest BCUT2D eigenvalue weighted by molar-refractivity contribution is 0.100. The lowest BCUT2D eigenvalue weighted by Crippen LogP contribution is -2.25. The number of aryl methyl sites for hydroxylation is 1. The van der Waals surface area contributed by atoms with Crippen LogP contribution in [0.25, 0.3) is 16.7 Å². The number of hydrogen-bond donors (Lipinski definition) is 1. The lowest BCUT2D eigenvalue weighted by atomic mass is 10.1. The number of thioether (sulfide) groups is 1. The van der Waals surface area contributed by atoms with Gasteiger partial charge >= 0.3 is 0 Å². The van der Waals surface area contributed by atoms with Crippen LogP contribution in [-0.4, -0.2) is 35.8 Å². The lowest BCUT2D eigenvalue weighted by Gasteiger charge is -2.12. The molecule has 0 unspecified atom stereocenters. The van der Waals surface area contributed by atoms with E-state index in [1.807, 2.05) is 46.9 Å².